The van der Waals surface area contributed by atoms with Crippen molar-refractivity contribution in [3.05, 3.63) is 126 Å². The van der Waals surface area contributed by atoms with Crippen LogP contribution in [0.4, 0.5) is 0 Å². The Bertz CT molecular complexity index is 5290. The standard InChI is InChI=1S/C92H128N24O20S/c1-9-11-24-71-84(129)104-62(23-17-31-99-92(95)96)80(125)111-70(79(124)101-44-76(94)121)47-137-48-77(122)103-66(34-52-27-29-57(118)30-28-52)87(132)112(6)51(5)78(123)107-68(39-75(93)120)89(134)115-32-18-26-72(115)85(130)106-64(37-56-43-98-49-102-56)82(127)108-65(33-50(3)4)90(135)116-45-58(119)38-74(116)86(131)105-63(35-55-42-100-61-22-16-15-21-60(55)61)81(126)110-69(46-117)83(128)109-67(36-54-41-97-40-53-19-13-14-20-59(53)54)88(133)114(8)73(25-12-10-2)91(136)113(71)7/h13-16,19-22,27-30,40-43,49-51,58,62-74,100,117-119H,9-12,17-18,23-26,31-39,44-48H2,1-8H3,(H2,93,120)(H2,94,121)(H,98,102)(H,101,124)(H,103,122)(H,104,129)(H,105,131)(H,106,130)(H,107,123)(H,108,127)(H,109,128)(H,110,126)(H,111,125)(H4,95,96,99)/t51-,58+,62-,63-,64-,65-,66-,67-,68-,69-,70-,71-,72-,73-,74-/m0/s1. The zero-order valence-corrected chi connectivity index (χ0v) is 78.9. The Labute approximate surface area is 796 Å². The molecule has 0 saturated carbocycles. The number of aromatic amines is 2. The summed E-state index contributed by atoms with van der Waals surface area (Å²) in [6.45, 7) is 5.97. The SMILES string of the molecule is CCCC[C@H]1C(=O)N(C)[C@@H](CCCC)C(=O)N[C@@H](CCCNC(=N)N)C(=O)N[C@H](C(=O)NCC(N)=O)CSCC(=O)N[C@@H](Cc2ccc(O)cc2)C(=O)N(C)[C@@H](C)C(=O)N[C@@H](CC(N)=O)C(=O)N2CCC[C@H]2C(=O)N[C@@H](Cc2cnc[nH]2)C(=O)N[C@@H](CC(C)C)C(=O)N2C[C@H](O)C[C@H]2C(=O)N[C@@H](Cc2c[nH]c3ccccc23)C(=O)N[C@@H](CO)C(=O)N[C@@H](Cc2cncc3ccccc23)C(=O)N1C. The van der Waals surface area contributed by atoms with Gasteiger partial charge in [-0.05, 0) is 98.1 Å². The summed E-state index contributed by atoms with van der Waals surface area (Å²) in [5.41, 5.74) is 19.0. The first-order valence-electron chi connectivity index (χ1n) is 45.8. The molecule has 15 atom stereocenters. The maximum atomic E-state index is 15.8. The minimum atomic E-state index is -1.91. The third kappa shape index (κ3) is 30.1. The maximum Gasteiger partial charge on any atom is 0.246 e. The van der Waals surface area contributed by atoms with Crippen molar-refractivity contribution in [3.8, 4) is 5.75 Å². The number of thioether (sulfide) groups is 1. The Morgan fingerprint density at radius 1 is 0.555 bits per heavy atom. The van der Waals surface area contributed by atoms with E-state index in [0.29, 0.717) is 69.7 Å². The number of likely N-dealkylation sites (N-methyl/N-ethyl adjacent to an activating group) is 3. The van der Waals surface area contributed by atoms with Crippen LogP contribution in [0.1, 0.15) is 140 Å². The summed E-state index contributed by atoms with van der Waals surface area (Å²) in [5, 5.41) is 71.8. The number of H-pyrrole nitrogens is 2. The number of aromatic hydroxyl groups is 1. The van der Waals surface area contributed by atoms with Gasteiger partial charge in [0, 0.05) is 125 Å². The van der Waals surface area contributed by atoms with E-state index in [1.807, 2.05) is 13.8 Å². The number of imidazole rings is 1. The number of aliphatic hydroxyl groups is 2. The average molecular weight is 1920 g/mol. The molecule has 0 spiro atoms. The average Bonchev–Trinajstić information content (AvgIpc) is 1.71. The quantitative estimate of drug-likeness (QED) is 0.0148. The second-order valence-corrected chi connectivity index (χ2v) is 36.2. The number of hydrogen-bond donors (Lipinski definition) is 20. The predicted molar refractivity (Wildman–Crippen MR) is 503 cm³/mol. The number of nitrogens with one attached hydrogen (secondary N) is 14. The topological polar surface area (TPSA) is 659 Å². The molecule has 0 bridgehead atoms. The summed E-state index contributed by atoms with van der Waals surface area (Å²) < 4.78 is 0. The van der Waals surface area contributed by atoms with E-state index in [2.05, 4.69) is 78.4 Å². The summed E-state index contributed by atoms with van der Waals surface area (Å²) in [6, 6.07) is -2.45. The van der Waals surface area contributed by atoms with Gasteiger partial charge in [0.05, 0.1) is 37.8 Å². The number of carbonyl (C=O) groups is 17. The summed E-state index contributed by atoms with van der Waals surface area (Å²) in [4.78, 5) is 271. The summed E-state index contributed by atoms with van der Waals surface area (Å²) in [6.07, 6.45) is 4.94. The van der Waals surface area contributed by atoms with Crippen molar-refractivity contribution >= 4 is 140 Å². The monoisotopic (exact) mass is 1920 g/mol. The molecule has 3 fully saturated rings. The van der Waals surface area contributed by atoms with E-state index in [0.717, 1.165) is 36.3 Å². The number of para-hydroxylation sites is 1. The van der Waals surface area contributed by atoms with Crippen LogP contribution in [0, 0.1) is 11.3 Å². The molecule has 3 aromatic carbocycles. The molecule has 44 nitrogen and oxygen atoms in total. The first-order chi connectivity index (χ1) is 65.3. The number of benzene rings is 3. The molecule has 17 amide bonds. The Hall–Kier alpha value is -13.9. The molecule has 9 rings (SSSR count). The van der Waals surface area contributed by atoms with Crippen LogP contribution in [-0.2, 0) is 107 Å². The molecular formula is C92H128N24O20S. The molecule has 3 aromatic heterocycles. The molecule has 3 aliphatic rings. The fraction of sp³-hybridized carbons (Fsp3) is 0.522. The molecule has 742 valence electrons. The highest BCUT2D eigenvalue weighted by atomic mass is 32.2. The molecule has 6 heterocycles. The normalized spacial score (nSPS) is 24.5. The number of nitrogens with zero attached hydrogens (tertiary/aromatic N) is 7. The summed E-state index contributed by atoms with van der Waals surface area (Å²) in [7, 11) is 3.89. The van der Waals surface area contributed by atoms with Gasteiger partial charge in [0.2, 0.25) is 100 Å². The highest BCUT2D eigenvalue weighted by molar-refractivity contribution is 8.00. The van der Waals surface area contributed by atoms with Gasteiger partial charge in [0.1, 0.15) is 90.3 Å². The zero-order valence-electron chi connectivity index (χ0n) is 78.1. The molecular weight excluding hydrogens is 1790 g/mol. The number of guanidine groups is 1. The van der Waals surface area contributed by atoms with Gasteiger partial charge in [-0.1, -0.05) is 108 Å². The van der Waals surface area contributed by atoms with Gasteiger partial charge >= 0.3 is 0 Å². The van der Waals surface area contributed by atoms with E-state index in [9.17, 15) is 58.5 Å². The van der Waals surface area contributed by atoms with E-state index in [1.165, 1.54) is 71.1 Å². The van der Waals surface area contributed by atoms with Gasteiger partial charge in [-0.25, -0.2) is 4.98 Å². The van der Waals surface area contributed by atoms with E-state index >= 15 is 38.4 Å². The van der Waals surface area contributed by atoms with Crippen LogP contribution in [-0.4, -0.2) is 322 Å². The number of aromatic nitrogens is 4. The van der Waals surface area contributed by atoms with Crippen LogP contribution >= 0.6 is 11.8 Å². The van der Waals surface area contributed by atoms with Crippen LogP contribution in [0.3, 0.4) is 0 Å². The number of unbranched alkanes of at least 4 members (excludes halogenated alkanes) is 2. The van der Waals surface area contributed by atoms with Crippen molar-refractivity contribution in [1.82, 2.24) is 103 Å². The van der Waals surface area contributed by atoms with E-state index in [4.69, 9.17) is 22.6 Å². The third-order valence-electron chi connectivity index (χ3n) is 24.4. The van der Waals surface area contributed by atoms with Crippen LogP contribution < -0.4 is 75.7 Å². The molecule has 23 N–H and O–H groups in total. The molecule has 3 aliphatic heterocycles. The Kier molecular flexibility index (Phi) is 39.9. The zero-order chi connectivity index (χ0) is 100. The number of amides is 17. The number of aliphatic hydroxyl groups excluding tert-OH is 2. The number of fused-ring (bicyclic) bond motifs is 4. The minimum Gasteiger partial charge on any atom is -0.508 e. The van der Waals surface area contributed by atoms with Crippen molar-refractivity contribution in [2.45, 2.75) is 234 Å². The lowest BCUT2D eigenvalue weighted by atomic mass is 9.98. The van der Waals surface area contributed by atoms with Gasteiger partial charge in [-0.3, -0.25) is 91.9 Å². The van der Waals surface area contributed by atoms with Crippen molar-refractivity contribution in [1.29, 1.82) is 5.41 Å². The first kappa shape index (κ1) is 107. The molecule has 0 radical (unpaired) electrons. The number of phenols is 1. The number of pyridine rings is 1. The van der Waals surface area contributed by atoms with Crippen LogP contribution in [0.2, 0.25) is 0 Å². The highest BCUT2D eigenvalue weighted by Gasteiger charge is 2.47. The summed E-state index contributed by atoms with van der Waals surface area (Å²) in [5.74, 6) is -18.2. The number of nitrogens with two attached hydrogens (primary N) is 3. The third-order valence-corrected chi connectivity index (χ3v) is 25.4. The molecule has 45 heteroatoms. The van der Waals surface area contributed by atoms with Gasteiger partial charge in [-0.2, -0.15) is 0 Å². The van der Waals surface area contributed by atoms with Crippen molar-refractivity contribution in [2.24, 2.45) is 23.1 Å². The summed E-state index contributed by atoms with van der Waals surface area (Å²) >= 11 is 0.758. The fourth-order valence-corrected chi connectivity index (χ4v) is 17.7. The molecule has 0 aliphatic carbocycles. The van der Waals surface area contributed by atoms with Gasteiger partial charge in [-0.15, -0.1) is 11.8 Å². The highest BCUT2D eigenvalue weighted by Crippen LogP contribution is 2.28. The Morgan fingerprint density at radius 2 is 1.14 bits per heavy atom. The molecule has 3 saturated heterocycles. The van der Waals surface area contributed by atoms with E-state index < -0.39 is 241 Å². The lowest BCUT2D eigenvalue weighted by Crippen LogP contribution is -2.62. The second kappa shape index (κ2) is 51.2. The smallest absolute Gasteiger partial charge is 0.246 e. The van der Waals surface area contributed by atoms with E-state index in [-0.39, 0.29) is 95.4 Å². The largest absolute Gasteiger partial charge is 0.508 e. The molecule has 137 heavy (non-hydrogen) atoms. The fourth-order valence-electron chi connectivity index (χ4n) is 16.8. The van der Waals surface area contributed by atoms with Gasteiger partial charge in [0.15, 0.2) is 5.96 Å². The van der Waals surface area contributed by atoms with Crippen molar-refractivity contribution in [3.63, 3.8) is 0 Å². The molecule has 0 unspecified atom stereocenters. The van der Waals surface area contributed by atoms with Crippen LogP contribution in [0.25, 0.3) is 21.7 Å². The lowest BCUT2D eigenvalue weighted by Gasteiger charge is -2.36. The Morgan fingerprint density at radius 3 is 1.80 bits per heavy atom. The predicted octanol–water partition coefficient (Wildman–Crippen LogP) is -2.86. The van der Waals surface area contributed by atoms with E-state index in [1.54, 1.807) is 74.8 Å². The maximum absolute atomic E-state index is 15.8. The van der Waals surface area contributed by atoms with Crippen LogP contribution in [0.15, 0.2) is 104 Å². The number of primary amides is 2. The van der Waals surface area contributed by atoms with Gasteiger partial charge in [0.25, 0.3) is 0 Å². The Balaban J connectivity index is 1.11. The van der Waals surface area contributed by atoms with Crippen LogP contribution in [0.5, 0.6) is 5.75 Å². The lowest BCUT2D eigenvalue weighted by molar-refractivity contribution is -0.149. The first-order valence-corrected chi connectivity index (χ1v) is 47.0. The minimum absolute atomic E-state index is 0.0190. The second-order valence-electron chi connectivity index (χ2n) is 35.1. The number of phenolic OH excluding ortho intramolecular Hbond substituents is 1. The van der Waals surface area contributed by atoms with Crippen molar-refractivity contribution in [2.75, 3.05) is 65.4 Å². The number of carbonyl (C=O) groups excluding carboxylic acids is 17. The molecule has 6 aromatic rings. The number of rotatable bonds is 26. The van der Waals surface area contributed by atoms with Gasteiger partial charge < -0.3 is 125 Å². The van der Waals surface area contributed by atoms with Crippen molar-refractivity contribution < 1.29 is 96.8 Å². The number of hydrogen-bond acceptors (Lipinski definition) is 24.